The normalized spacial score (nSPS) is 10.4. The van der Waals surface area contributed by atoms with Crippen LogP contribution in [0.15, 0.2) is 29.1 Å². The van der Waals surface area contributed by atoms with Gasteiger partial charge in [0.2, 0.25) is 0 Å². The molecule has 0 atom stereocenters. The summed E-state index contributed by atoms with van der Waals surface area (Å²) >= 11 is 5.71. The number of halogens is 1. The summed E-state index contributed by atoms with van der Waals surface area (Å²) in [6.07, 6.45) is 0. The first-order valence-electron chi connectivity index (χ1n) is 4.08. The molecule has 14 heavy (non-hydrogen) atoms. The zero-order chi connectivity index (χ0) is 10.1. The minimum Gasteiger partial charge on any atom is -0.294 e. The van der Waals surface area contributed by atoms with Crippen LogP contribution in [0.4, 0.5) is 0 Å². The lowest BCUT2D eigenvalue weighted by Crippen LogP contribution is -2.14. The van der Waals surface area contributed by atoms with Crippen molar-refractivity contribution < 1.29 is 0 Å². The molecule has 0 radical (unpaired) electrons. The summed E-state index contributed by atoms with van der Waals surface area (Å²) in [5.41, 5.74) is 0.647. The molecule has 0 aromatic carbocycles. The Morgan fingerprint density at radius 2 is 2.29 bits per heavy atom. The fraction of sp³-hybridized carbons (Fsp3) is 0.111. The molecule has 0 aliphatic heterocycles. The lowest BCUT2D eigenvalue weighted by Gasteiger charge is -1.99. The SMILES string of the molecule is Cc1cc(=O)n(-c2cccc(Cl)n2)[nH]1. The minimum absolute atomic E-state index is 0.141. The molecule has 4 nitrogen and oxygen atoms in total. The predicted molar refractivity (Wildman–Crippen MR) is 53.9 cm³/mol. The number of aryl methyl sites for hydroxylation is 1. The zero-order valence-electron chi connectivity index (χ0n) is 7.49. The van der Waals surface area contributed by atoms with E-state index in [9.17, 15) is 4.79 Å². The number of rotatable bonds is 1. The van der Waals surface area contributed by atoms with Gasteiger partial charge < -0.3 is 0 Å². The molecule has 5 heteroatoms. The molecule has 0 amide bonds. The first-order chi connectivity index (χ1) is 6.66. The predicted octanol–water partition coefficient (Wildman–Crippen LogP) is 1.52. The Balaban J connectivity index is 2.60. The van der Waals surface area contributed by atoms with Crippen molar-refractivity contribution in [1.29, 1.82) is 0 Å². The Bertz CT molecular complexity index is 515. The minimum atomic E-state index is -0.141. The van der Waals surface area contributed by atoms with Crippen LogP contribution >= 0.6 is 11.6 Å². The van der Waals surface area contributed by atoms with Crippen LogP contribution in [-0.2, 0) is 0 Å². The molecule has 0 bridgehead atoms. The molecule has 2 heterocycles. The molecule has 0 spiro atoms. The second-order valence-electron chi connectivity index (χ2n) is 2.93. The maximum atomic E-state index is 11.4. The van der Waals surface area contributed by atoms with Crippen LogP contribution in [0.2, 0.25) is 5.15 Å². The summed E-state index contributed by atoms with van der Waals surface area (Å²) in [7, 11) is 0. The smallest absolute Gasteiger partial charge is 0.272 e. The van der Waals surface area contributed by atoms with Crippen LogP contribution in [0.3, 0.4) is 0 Å². The summed E-state index contributed by atoms with van der Waals surface area (Å²) < 4.78 is 1.35. The van der Waals surface area contributed by atoms with Crippen LogP contribution in [0.25, 0.3) is 5.82 Å². The average Bonchev–Trinajstić information content (AvgIpc) is 2.45. The van der Waals surface area contributed by atoms with E-state index in [2.05, 4.69) is 10.1 Å². The van der Waals surface area contributed by atoms with E-state index in [1.54, 1.807) is 18.2 Å². The third kappa shape index (κ3) is 1.56. The Kier molecular flexibility index (Phi) is 2.13. The summed E-state index contributed by atoms with van der Waals surface area (Å²) in [4.78, 5) is 15.4. The fourth-order valence-corrected chi connectivity index (χ4v) is 1.37. The molecule has 72 valence electrons. The van der Waals surface area contributed by atoms with E-state index < -0.39 is 0 Å². The first kappa shape index (κ1) is 9.02. The second-order valence-corrected chi connectivity index (χ2v) is 3.32. The highest BCUT2D eigenvalue weighted by atomic mass is 35.5. The van der Waals surface area contributed by atoms with Crippen molar-refractivity contribution in [1.82, 2.24) is 14.8 Å². The number of aromatic amines is 1. The quantitative estimate of drug-likeness (QED) is 0.724. The standard InChI is InChI=1S/C9H8ClN3O/c1-6-5-9(14)13(12-6)8-4-2-3-7(10)11-8/h2-5,12H,1H3. The van der Waals surface area contributed by atoms with Gasteiger partial charge in [-0.3, -0.25) is 9.89 Å². The van der Waals surface area contributed by atoms with Crippen molar-refractivity contribution >= 4 is 11.6 Å². The van der Waals surface area contributed by atoms with Crippen LogP contribution in [-0.4, -0.2) is 14.8 Å². The summed E-state index contributed by atoms with van der Waals surface area (Å²) in [6.45, 7) is 1.81. The number of H-pyrrole nitrogens is 1. The van der Waals surface area contributed by atoms with Gasteiger partial charge in [0.25, 0.3) is 5.56 Å². The molecule has 1 N–H and O–H groups in total. The number of nitrogens with one attached hydrogen (secondary N) is 1. The van der Waals surface area contributed by atoms with Gasteiger partial charge in [-0.15, -0.1) is 0 Å². The van der Waals surface area contributed by atoms with Crippen molar-refractivity contribution in [3.05, 3.63) is 45.5 Å². The van der Waals surface area contributed by atoms with Crippen LogP contribution in [0, 0.1) is 6.92 Å². The Morgan fingerprint density at radius 3 is 2.86 bits per heavy atom. The maximum Gasteiger partial charge on any atom is 0.272 e. The van der Waals surface area contributed by atoms with Gasteiger partial charge in [0.1, 0.15) is 5.15 Å². The summed E-state index contributed by atoms with van der Waals surface area (Å²) in [6, 6.07) is 6.62. The van der Waals surface area contributed by atoms with Crippen molar-refractivity contribution in [2.24, 2.45) is 0 Å². The Labute approximate surface area is 85.1 Å². The van der Waals surface area contributed by atoms with Crippen molar-refractivity contribution in [3.63, 3.8) is 0 Å². The van der Waals surface area contributed by atoms with E-state index in [1.165, 1.54) is 10.7 Å². The van der Waals surface area contributed by atoms with E-state index in [-0.39, 0.29) is 5.56 Å². The lowest BCUT2D eigenvalue weighted by atomic mass is 10.4. The van der Waals surface area contributed by atoms with E-state index in [4.69, 9.17) is 11.6 Å². The highest BCUT2D eigenvalue weighted by Crippen LogP contribution is 2.07. The van der Waals surface area contributed by atoms with Gasteiger partial charge in [-0.05, 0) is 19.1 Å². The number of nitrogens with zero attached hydrogens (tertiary/aromatic N) is 2. The fourth-order valence-electron chi connectivity index (χ4n) is 1.21. The molecule has 0 fully saturated rings. The zero-order valence-corrected chi connectivity index (χ0v) is 8.25. The average molecular weight is 210 g/mol. The molecule has 2 aromatic heterocycles. The molecule has 2 rings (SSSR count). The van der Waals surface area contributed by atoms with Gasteiger partial charge in [0, 0.05) is 11.8 Å². The van der Waals surface area contributed by atoms with Gasteiger partial charge in [0.05, 0.1) is 0 Å². The molecule has 0 saturated heterocycles. The molecule has 0 unspecified atom stereocenters. The van der Waals surface area contributed by atoms with Gasteiger partial charge >= 0.3 is 0 Å². The monoisotopic (exact) mass is 209 g/mol. The molecule has 0 saturated carbocycles. The van der Waals surface area contributed by atoms with Gasteiger partial charge in [-0.25, -0.2) is 9.67 Å². The first-order valence-corrected chi connectivity index (χ1v) is 4.46. The maximum absolute atomic E-state index is 11.4. The van der Waals surface area contributed by atoms with E-state index in [0.717, 1.165) is 5.69 Å². The Morgan fingerprint density at radius 1 is 1.50 bits per heavy atom. The highest BCUT2D eigenvalue weighted by Gasteiger charge is 2.03. The van der Waals surface area contributed by atoms with Crippen molar-refractivity contribution in [2.75, 3.05) is 0 Å². The van der Waals surface area contributed by atoms with Gasteiger partial charge in [-0.2, -0.15) is 0 Å². The summed E-state index contributed by atoms with van der Waals surface area (Å²) in [5.74, 6) is 0.496. The number of hydrogen-bond donors (Lipinski definition) is 1. The number of aromatic nitrogens is 3. The molecule has 2 aromatic rings. The van der Waals surface area contributed by atoms with Crippen LogP contribution < -0.4 is 5.56 Å². The second kappa shape index (κ2) is 3.31. The van der Waals surface area contributed by atoms with Gasteiger partial charge in [-0.1, -0.05) is 17.7 Å². The van der Waals surface area contributed by atoms with Crippen LogP contribution in [0.1, 0.15) is 5.69 Å². The molecular weight excluding hydrogens is 202 g/mol. The third-order valence-electron chi connectivity index (χ3n) is 1.78. The Hall–Kier alpha value is -1.55. The molecule has 0 aliphatic rings. The van der Waals surface area contributed by atoms with Gasteiger partial charge in [0.15, 0.2) is 5.82 Å². The lowest BCUT2D eigenvalue weighted by molar-refractivity contribution is 0.807. The van der Waals surface area contributed by atoms with E-state index >= 15 is 0 Å². The topological polar surface area (TPSA) is 50.7 Å². The molecule has 0 aliphatic carbocycles. The van der Waals surface area contributed by atoms with Crippen molar-refractivity contribution in [2.45, 2.75) is 6.92 Å². The van der Waals surface area contributed by atoms with Crippen molar-refractivity contribution in [3.8, 4) is 5.82 Å². The van der Waals surface area contributed by atoms with E-state index in [1.807, 2.05) is 6.92 Å². The highest BCUT2D eigenvalue weighted by molar-refractivity contribution is 6.29. The molecular formula is C9H8ClN3O. The largest absolute Gasteiger partial charge is 0.294 e. The summed E-state index contributed by atoms with van der Waals surface area (Å²) in [5, 5.41) is 3.23. The third-order valence-corrected chi connectivity index (χ3v) is 1.99. The van der Waals surface area contributed by atoms with E-state index in [0.29, 0.717) is 11.0 Å². The number of pyridine rings is 1. The van der Waals surface area contributed by atoms with Crippen LogP contribution in [0.5, 0.6) is 0 Å². The number of hydrogen-bond acceptors (Lipinski definition) is 2.